The molecule has 1 unspecified atom stereocenters. The van der Waals surface area contributed by atoms with E-state index >= 15 is 0 Å². The van der Waals surface area contributed by atoms with Crippen LogP contribution in [0.1, 0.15) is 19.8 Å². The van der Waals surface area contributed by atoms with Crippen LogP contribution in [0.4, 0.5) is 0 Å². The maximum absolute atomic E-state index is 12.3. The van der Waals surface area contributed by atoms with Gasteiger partial charge >= 0.3 is 0 Å². The van der Waals surface area contributed by atoms with Gasteiger partial charge in [-0.3, -0.25) is 4.79 Å². The van der Waals surface area contributed by atoms with E-state index in [0.717, 1.165) is 0 Å². The predicted molar refractivity (Wildman–Crippen MR) is 91.9 cm³/mol. The topological polar surface area (TPSA) is 76.0 Å². The van der Waals surface area contributed by atoms with Crippen LogP contribution in [0, 0.1) is 29.6 Å². The Labute approximate surface area is 148 Å². The number of hydrogen-bond acceptors (Lipinski definition) is 5. The van der Waals surface area contributed by atoms with Gasteiger partial charge in [-0.1, -0.05) is 37.0 Å². The molecule has 2 aliphatic carbocycles. The Bertz CT molecular complexity index is 676. The lowest BCUT2D eigenvalue weighted by atomic mass is 9.50. The highest BCUT2D eigenvalue weighted by Gasteiger charge is 2.65. The maximum Gasteiger partial charge on any atom is 0.168 e. The van der Waals surface area contributed by atoms with Crippen molar-refractivity contribution in [2.45, 2.75) is 37.6 Å². The van der Waals surface area contributed by atoms with Gasteiger partial charge < -0.3 is 19.7 Å². The van der Waals surface area contributed by atoms with Gasteiger partial charge in [-0.15, -0.1) is 0 Å². The zero-order valence-electron chi connectivity index (χ0n) is 14.5. The van der Waals surface area contributed by atoms with Crippen molar-refractivity contribution in [3.63, 3.8) is 0 Å². The molecule has 0 radical (unpaired) electrons. The molecule has 2 saturated carbocycles. The molecule has 25 heavy (non-hydrogen) atoms. The molecule has 134 valence electrons. The number of carbonyl (C=O) groups is 1. The van der Waals surface area contributed by atoms with Gasteiger partial charge in [0.25, 0.3) is 0 Å². The van der Waals surface area contributed by atoms with Crippen LogP contribution in [0.5, 0.6) is 5.75 Å². The maximum atomic E-state index is 12.3. The van der Waals surface area contributed by atoms with E-state index < -0.39 is 17.8 Å². The van der Waals surface area contributed by atoms with Gasteiger partial charge in [-0.25, -0.2) is 0 Å². The van der Waals surface area contributed by atoms with Gasteiger partial charge in [0.15, 0.2) is 5.78 Å². The second-order valence-electron chi connectivity index (χ2n) is 6.83. The van der Waals surface area contributed by atoms with Gasteiger partial charge in [0.2, 0.25) is 0 Å². The summed E-state index contributed by atoms with van der Waals surface area (Å²) in [4.78, 5) is 12.3. The number of aliphatic hydroxyl groups excluding tert-OH is 2. The molecule has 0 aromatic heterocycles. The van der Waals surface area contributed by atoms with Crippen molar-refractivity contribution in [3.8, 4) is 17.6 Å². The number of Topliss-reactive ketones (excluding diaryl/α,β-unsaturated/α-hetero) is 1. The molecule has 5 nitrogen and oxygen atoms in total. The lowest BCUT2D eigenvalue weighted by Crippen LogP contribution is -2.69. The molecule has 0 aliphatic heterocycles. The molecule has 5 heteroatoms. The van der Waals surface area contributed by atoms with Crippen molar-refractivity contribution in [1.29, 1.82) is 0 Å². The summed E-state index contributed by atoms with van der Waals surface area (Å²) in [5.74, 6) is 5.80. The number of rotatable bonds is 4. The Morgan fingerprint density at radius 3 is 2.76 bits per heavy atom. The van der Waals surface area contributed by atoms with Crippen LogP contribution in [0.2, 0.25) is 0 Å². The number of fused-ring (bicyclic) bond motifs is 1. The van der Waals surface area contributed by atoms with Gasteiger partial charge in [-0.2, -0.15) is 0 Å². The van der Waals surface area contributed by atoms with Crippen LogP contribution in [0.15, 0.2) is 30.3 Å². The largest absolute Gasteiger partial charge is 0.490 e. The van der Waals surface area contributed by atoms with Crippen LogP contribution in [0.3, 0.4) is 0 Å². The van der Waals surface area contributed by atoms with E-state index in [9.17, 15) is 15.0 Å². The van der Waals surface area contributed by atoms with Crippen molar-refractivity contribution in [3.05, 3.63) is 30.3 Å². The molecule has 0 saturated heterocycles. The average molecular weight is 344 g/mol. The summed E-state index contributed by atoms with van der Waals surface area (Å²) in [5, 5.41) is 20.4. The van der Waals surface area contributed by atoms with Crippen LogP contribution >= 0.6 is 0 Å². The molecule has 1 aromatic rings. The number of para-hydroxylation sites is 1. The quantitative estimate of drug-likeness (QED) is 0.808. The van der Waals surface area contributed by atoms with Crippen molar-refractivity contribution in [2.75, 3.05) is 13.7 Å². The monoisotopic (exact) mass is 344 g/mol. The molecule has 2 N–H and O–H groups in total. The second-order valence-corrected chi connectivity index (χ2v) is 6.83. The Morgan fingerprint density at radius 1 is 1.36 bits per heavy atom. The van der Waals surface area contributed by atoms with Crippen molar-refractivity contribution >= 4 is 5.78 Å². The lowest BCUT2D eigenvalue weighted by molar-refractivity contribution is -0.205. The first kappa shape index (κ1) is 17.9. The first-order chi connectivity index (χ1) is 12.0. The first-order valence-electron chi connectivity index (χ1n) is 8.64. The minimum absolute atomic E-state index is 0.0500. The summed E-state index contributed by atoms with van der Waals surface area (Å²) in [6, 6.07) is 9.20. The number of methoxy groups -OCH3 is 1. The Hall–Kier alpha value is -1.87. The van der Waals surface area contributed by atoms with Crippen LogP contribution in [-0.4, -0.2) is 47.5 Å². The average Bonchev–Trinajstić information content (AvgIpc) is 2.65. The van der Waals surface area contributed by atoms with Crippen LogP contribution in [-0.2, 0) is 9.53 Å². The normalized spacial score (nSPS) is 35.0. The number of ketones is 1. The van der Waals surface area contributed by atoms with E-state index in [2.05, 4.69) is 11.8 Å². The smallest absolute Gasteiger partial charge is 0.168 e. The number of benzene rings is 1. The first-order valence-corrected chi connectivity index (χ1v) is 8.64. The summed E-state index contributed by atoms with van der Waals surface area (Å²) in [6.45, 7) is 1.90. The van der Waals surface area contributed by atoms with Gasteiger partial charge in [0.05, 0.1) is 12.0 Å². The highest BCUT2D eigenvalue weighted by atomic mass is 16.5. The van der Waals surface area contributed by atoms with E-state index in [1.165, 1.54) is 0 Å². The number of aliphatic hydroxyl groups is 2. The third-order valence-corrected chi connectivity index (χ3v) is 5.45. The third kappa shape index (κ3) is 3.18. The summed E-state index contributed by atoms with van der Waals surface area (Å²) < 4.78 is 11.0. The van der Waals surface area contributed by atoms with E-state index in [0.29, 0.717) is 18.6 Å². The molecule has 0 heterocycles. The molecular formula is C20H24O5. The van der Waals surface area contributed by atoms with Crippen molar-refractivity contribution in [2.24, 2.45) is 17.8 Å². The summed E-state index contributed by atoms with van der Waals surface area (Å²) in [6.07, 6.45) is -0.578. The molecule has 0 spiro atoms. The van der Waals surface area contributed by atoms with Gasteiger partial charge in [-0.05, 0) is 25.0 Å². The van der Waals surface area contributed by atoms with Crippen molar-refractivity contribution < 1.29 is 24.5 Å². The SMILES string of the molecule is CO[C@@]12CC[C@H](O)[C@@H](C#C[C@@H](O)COc3ccccc3)[C@@H]1C(C)C2=O. The molecule has 6 atom stereocenters. The zero-order chi connectivity index (χ0) is 18.0. The molecule has 2 aliphatic rings. The highest BCUT2D eigenvalue weighted by molar-refractivity contribution is 5.96. The van der Waals surface area contributed by atoms with Crippen LogP contribution < -0.4 is 4.74 Å². The summed E-state index contributed by atoms with van der Waals surface area (Å²) in [5.41, 5.74) is -0.816. The molecule has 0 amide bonds. The van der Waals surface area contributed by atoms with Crippen molar-refractivity contribution in [1.82, 2.24) is 0 Å². The minimum atomic E-state index is -0.961. The summed E-state index contributed by atoms with van der Waals surface area (Å²) in [7, 11) is 1.54. The fourth-order valence-electron chi connectivity index (χ4n) is 4.14. The Kier molecular flexibility index (Phi) is 5.14. The highest BCUT2D eigenvalue weighted by Crippen LogP contribution is 2.54. The molecule has 2 fully saturated rings. The van der Waals surface area contributed by atoms with E-state index in [1.54, 1.807) is 19.2 Å². The Balaban J connectivity index is 1.67. The third-order valence-electron chi connectivity index (χ3n) is 5.45. The zero-order valence-corrected chi connectivity index (χ0v) is 14.5. The number of ether oxygens (including phenoxy) is 2. The lowest BCUT2D eigenvalue weighted by Gasteiger charge is -2.57. The predicted octanol–water partition coefficient (Wildman–Crippen LogP) is 1.42. The second kappa shape index (κ2) is 7.17. The Morgan fingerprint density at radius 2 is 2.08 bits per heavy atom. The van der Waals surface area contributed by atoms with Gasteiger partial charge in [0, 0.05) is 18.9 Å². The van der Waals surface area contributed by atoms with Crippen LogP contribution in [0.25, 0.3) is 0 Å². The standard InChI is InChI=1S/C20H24O5/c1-13-18-16(17(22)10-11-20(18,24-2)19(13)23)9-8-14(21)12-25-15-6-4-3-5-7-15/h3-7,13-14,16-18,21-22H,10-12H2,1-2H3/t13?,14-,16-,17+,18+,20+/m1/s1. The fraction of sp³-hybridized carbons (Fsp3) is 0.550. The minimum Gasteiger partial charge on any atom is -0.490 e. The van der Waals surface area contributed by atoms with E-state index in [1.807, 2.05) is 25.1 Å². The summed E-state index contributed by atoms with van der Waals surface area (Å²) >= 11 is 0. The molecule has 1 aromatic carbocycles. The fourth-order valence-corrected chi connectivity index (χ4v) is 4.14. The van der Waals surface area contributed by atoms with Gasteiger partial charge in [0.1, 0.15) is 24.1 Å². The van der Waals surface area contributed by atoms with E-state index in [-0.39, 0.29) is 30.1 Å². The molecule has 0 bridgehead atoms. The van der Waals surface area contributed by atoms with E-state index in [4.69, 9.17) is 9.47 Å². The number of hydrogen-bond donors (Lipinski definition) is 2. The number of carbonyl (C=O) groups excluding carboxylic acids is 1. The molecule has 3 rings (SSSR count). The molecular weight excluding hydrogens is 320 g/mol.